The van der Waals surface area contributed by atoms with E-state index in [-0.39, 0.29) is 37.2 Å². The summed E-state index contributed by atoms with van der Waals surface area (Å²) in [7, 11) is 0. The maximum Gasteiger partial charge on any atom is 0.255 e. The van der Waals surface area contributed by atoms with Crippen LogP contribution in [0.25, 0.3) is 22.3 Å². The predicted molar refractivity (Wildman–Crippen MR) is 129 cm³/mol. The molecule has 2 fully saturated rings. The van der Waals surface area contributed by atoms with E-state index in [2.05, 4.69) is 20.3 Å². The van der Waals surface area contributed by atoms with Crippen LogP contribution in [0.3, 0.4) is 0 Å². The van der Waals surface area contributed by atoms with E-state index in [9.17, 15) is 4.79 Å². The molecule has 2 aliphatic carbocycles. The van der Waals surface area contributed by atoms with Crippen LogP contribution in [0.4, 0.5) is 0 Å². The highest BCUT2D eigenvalue weighted by atomic mass is 35.5. The summed E-state index contributed by atoms with van der Waals surface area (Å²) in [6, 6.07) is 4.12. The van der Waals surface area contributed by atoms with Gasteiger partial charge in [-0.15, -0.1) is 12.4 Å². The summed E-state index contributed by atoms with van der Waals surface area (Å²) in [6.45, 7) is 0.802. The van der Waals surface area contributed by atoms with Crippen LogP contribution in [0, 0.1) is 5.92 Å². The first kappa shape index (κ1) is 22.7. The van der Waals surface area contributed by atoms with E-state index >= 15 is 0 Å². The van der Waals surface area contributed by atoms with E-state index in [0.29, 0.717) is 57.6 Å². The average molecular weight is 486 g/mol. The summed E-state index contributed by atoms with van der Waals surface area (Å²) < 4.78 is 17.5. The maximum atomic E-state index is 13.1. The van der Waals surface area contributed by atoms with E-state index in [0.717, 1.165) is 25.7 Å². The number of nitrogens with two attached hydrogens (primary N) is 1. The quantitative estimate of drug-likeness (QED) is 0.487. The molecule has 0 radical (unpaired) electrons. The van der Waals surface area contributed by atoms with Crippen molar-refractivity contribution in [2.45, 2.75) is 50.6 Å². The molecular weight excluding hydrogens is 458 g/mol. The number of ether oxygens (including phenoxy) is 3. The highest BCUT2D eigenvalue weighted by Gasteiger charge is 2.29. The van der Waals surface area contributed by atoms with Crippen molar-refractivity contribution in [3.05, 3.63) is 30.2 Å². The zero-order valence-electron chi connectivity index (χ0n) is 18.7. The Morgan fingerprint density at radius 1 is 1.15 bits per heavy atom. The zero-order valence-corrected chi connectivity index (χ0v) is 19.5. The summed E-state index contributed by atoms with van der Waals surface area (Å²) in [5, 5.41) is 3.14. The standard InChI is InChI=1S/C24H27N5O4.ClH/c25-14-3-5-15(6-4-14)29-24(30)16-9-26-22-20(16)27-11-28-21(22)19-17(31-10-13-1-2-13)7-8-18-23(19)33-12-32-18;/h7-9,11,13-15,26H,1-6,10,12,25H2,(H,29,30);1H. The number of aromatic amines is 1. The first-order chi connectivity index (χ1) is 16.2. The Bertz CT molecular complexity index is 1200. The molecule has 180 valence electrons. The molecule has 3 heterocycles. The van der Waals surface area contributed by atoms with Gasteiger partial charge in [0.25, 0.3) is 5.91 Å². The minimum absolute atomic E-state index is 0. The molecule has 34 heavy (non-hydrogen) atoms. The van der Waals surface area contributed by atoms with Gasteiger partial charge >= 0.3 is 0 Å². The highest BCUT2D eigenvalue weighted by Crippen LogP contribution is 2.48. The van der Waals surface area contributed by atoms with Gasteiger partial charge in [0.1, 0.15) is 23.3 Å². The molecule has 4 N–H and O–H groups in total. The number of hydrogen-bond donors (Lipinski definition) is 3. The largest absolute Gasteiger partial charge is 0.492 e. The van der Waals surface area contributed by atoms with Gasteiger partial charge in [-0.2, -0.15) is 0 Å². The molecule has 0 bridgehead atoms. The van der Waals surface area contributed by atoms with Crippen molar-refractivity contribution >= 4 is 29.3 Å². The van der Waals surface area contributed by atoms with Gasteiger partial charge in [0.15, 0.2) is 11.5 Å². The second-order valence-corrected chi connectivity index (χ2v) is 9.16. The van der Waals surface area contributed by atoms with E-state index < -0.39 is 0 Å². The van der Waals surface area contributed by atoms with Gasteiger partial charge in [0.05, 0.1) is 23.3 Å². The Hall–Kier alpha value is -3.04. The number of fused-ring (bicyclic) bond motifs is 2. The Labute approximate surface area is 203 Å². The number of hydrogen-bond acceptors (Lipinski definition) is 7. The molecule has 0 unspecified atom stereocenters. The Balaban J connectivity index is 0.00000241. The van der Waals surface area contributed by atoms with Crippen LogP contribution in [0.1, 0.15) is 48.9 Å². The van der Waals surface area contributed by atoms with Crippen molar-refractivity contribution in [2.24, 2.45) is 11.7 Å². The summed E-state index contributed by atoms with van der Waals surface area (Å²) in [5.41, 5.74) is 9.05. The molecule has 2 saturated carbocycles. The smallest absolute Gasteiger partial charge is 0.255 e. The van der Waals surface area contributed by atoms with Crippen LogP contribution in [-0.2, 0) is 0 Å². The third-order valence-electron chi connectivity index (χ3n) is 6.72. The van der Waals surface area contributed by atoms with Crippen molar-refractivity contribution in [1.29, 1.82) is 0 Å². The average Bonchev–Trinajstić information content (AvgIpc) is 3.35. The van der Waals surface area contributed by atoms with E-state index in [4.69, 9.17) is 19.9 Å². The first-order valence-corrected chi connectivity index (χ1v) is 11.6. The SMILES string of the molecule is Cl.NC1CCC(NC(=O)c2c[nH]c3c(-c4c(OCC5CC5)ccc5c4OCO5)ncnc23)CC1. The molecule has 9 nitrogen and oxygen atoms in total. The van der Waals surface area contributed by atoms with Gasteiger partial charge in [-0.1, -0.05) is 0 Å². The molecule has 2 aromatic heterocycles. The molecule has 3 aromatic rings. The lowest BCUT2D eigenvalue weighted by atomic mass is 9.91. The van der Waals surface area contributed by atoms with Gasteiger partial charge in [0, 0.05) is 18.3 Å². The van der Waals surface area contributed by atoms with Crippen molar-refractivity contribution in [1.82, 2.24) is 20.3 Å². The number of aromatic nitrogens is 3. The predicted octanol–water partition coefficient (Wildman–Crippen LogP) is 3.56. The van der Waals surface area contributed by atoms with Gasteiger partial charge in [-0.3, -0.25) is 4.79 Å². The number of carbonyl (C=O) groups excluding carboxylic acids is 1. The van der Waals surface area contributed by atoms with Crippen molar-refractivity contribution in [2.75, 3.05) is 13.4 Å². The Morgan fingerprint density at radius 2 is 1.97 bits per heavy atom. The minimum Gasteiger partial charge on any atom is -0.492 e. The van der Waals surface area contributed by atoms with Crippen molar-refractivity contribution < 1.29 is 19.0 Å². The molecule has 6 rings (SSSR count). The molecule has 10 heteroatoms. The Morgan fingerprint density at radius 3 is 2.76 bits per heavy atom. The third-order valence-corrected chi connectivity index (χ3v) is 6.72. The summed E-state index contributed by atoms with van der Waals surface area (Å²) in [5.74, 6) is 2.39. The minimum atomic E-state index is -0.144. The topological polar surface area (TPSA) is 124 Å². The molecular formula is C24H28ClN5O4. The lowest BCUT2D eigenvalue weighted by Gasteiger charge is -2.26. The second kappa shape index (κ2) is 9.31. The molecule has 1 aromatic carbocycles. The third kappa shape index (κ3) is 4.25. The number of nitrogens with one attached hydrogen (secondary N) is 2. The maximum absolute atomic E-state index is 13.1. The fourth-order valence-electron chi connectivity index (χ4n) is 4.62. The van der Waals surface area contributed by atoms with Gasteiger partial charge in [-0.25, -0.2) is 9.97 Å². The van der Waals surface area contributed by atoms with Gasteiger partial charge in [-0.05, 0) is 56.6 Å². The number of amides is 1. The van der Waals surface area contributed by atoms with Gasteiger partial charge in [0.2, 0.25) is 6.79 Å². The summed E-state index contributed by atoms with van der Waals surface area (Å²) in [4.78, 5) is 25.3. The fourth-order valence-corrected chi connectivity index (χ4v) is 4.62. The Kier molecular flexibility index (Phi) is 6.22. The van der Waals surface area contributed by atoms with Crippen LogP contribution in [0.15, 0.2) is 24.7 Å². The molecule has 0 saturated heterocycles. The van der Waals surface area contributed by atoms with Crippen LogP contribution in [0.5, 0.6) is 17.2 Å². The molecule has 1 amide bonds. The monoisotopic (exact) mass is 485 g/mol. The van der Waals surface area contributed by atoms with E-state index in [1.54, 1.807) is 6.20 Å². The van der Waals surface area contributed by atoms with Crippen LogP contribution in [0.2, 0.25) is 0 Å². The number of halogens is 1. The lowest BCUT2D eigenvalue weighted by Crippen LogP contribution is -2.40. The van der Waals surface area contributed by atoms with Gasteiger partial charge < -0.3 is 30.2 Å². The summed E-state index contributed by atoms with van der Waals surface area (Å²) >= 11 is 0. The molecule has 1 aliphatic heterocycles. The summed E-state index contributed by atoms with van der Waals surface area (Å²) in [6.07, 6.45) is 9.19. The van der Waals surface area contributed by atoms with Crippen molar-refractivity contribution in [3.8, 4) is 28.5 Å². The van der Waals surface area contributed by atoms with E-state index in [1.165, 1.54) is 19.2 Å². The molecule has 0 spiro atoms. The number of benzene rings is 1. The highest BCUT2D eigenvalue weighted by molar-refractivity contribution is 6.08. The second-order valence-electron chi connectivity index (χ2n) is 9.16. The molecule has 0 atom stereocenters. The van der Waals surface area contributed by atoms with Crippen LogP contribution < -0.4 is 25.3 Å². The van der Waals surface area contributed by atoms with Crippen molar-refractivity contribution in [3.63, 3.8) is 0 Å². The zero-order chi connectivity index (χ0) is 22.4. The number of H-pyrrole nitrogens is 1. The van der Waals surface area contributed by atoms with E-state index in [1.807, 2.05) is 12.1 Å². The normalized spacial score (nSPS) is 21.2. The first-order valence-electron chi connectivity index (χ1n) is 11.6. The lowest BCUT2D eigenvalue weighted by molar-refractivity contribution is 0.0927. The van der Waals surface area contributed by atoms with Crippen LogP contribution >= 0.6 is 12.4 Å². The number of nitrogens with zero attached hydrogens (tertiary/aromatic N) is 2. The molecule has 3 aliphatic rings. The fraction of sp³-hybridized carbons (Fsp3) is 0.458. The number of rotatable bonds is 6. The number of carbonyl (C=O) groups is 1. The van der Waals surface area contributed by atoms with Crippen LogP contribution in [-0.4, -0.2) is 46.3 Å².